The minimum absolute atomic E-state index is 0.174. The highest BCUT2D eigenvalue weighted by molar-refractivity contribution is 7.07. The Bertz CT molecular complexity index is 377. The minimum Gasteiger partial charge on any atom is -0.200 e. The molecule has 1 aromatic heterocycles. The Kier molecular flexibility index (Phi) is 3.86. The van der Waals surface area contributed by atoms with Crippen molar-refractivity contribution in [3.8, 4) is 0 Å². The zero-order valence-electron chi connectivity index (χ0n) is 10.2. The van der Waals surface area contributed by atoms with Gasteiger partial charge in [0.15, 0.2) is 0 Å². The van der Waals surface area contributed by atoms with E-state index in [1.54, 1.807) is 11.5 Å². The number of hydrogen-bond acceptors (Lipinski definition) is 2. The molecular weight excluding hydrogens is 202 g/mol. The Labute approximate surface area is 96.7 Å². The van der Waals surface area contributed by atoms with Crippen molar-refractivity contribution in [3.63, 3.8) is 0 Å². The van der Waals surface area contributed by atoms with Gasteiger partial charge in [-0.3, -0.25) is 0 Å². The molecule has 1 nitrogen and oxygen atoms in total. The summed E-state index contributed by atoms with van der Waals surface area (Å²) in [7, 11) is 0. The number of allylic oxidation sites excluding steroid dienone is 3. The second-order valence-electron chi connectivity index (χ2n) is 4.56. The highest BCUT2D eigenvalue weighted by Gasteiger charge is 2.20. The number of rotatable bonds is 2. The van der Waals surface area contributed by atoms with Crippen molar-refractivity contribution < 1.29 is 0 Å². The molecule has 0 unspecified atom stereocenters. The summed E-state index contributed by atoms with van der Waals surface area (Å²) in [6, 6.07) is 0. The molecule has 0 aliphatic heterocycles. The first-order chi connectivity index (χ1) is 7.00. The van der Waals surface area contributed by atoms with Gasteiger partial charge in [-0.25, -0.2) is 0 Å². The molecule has 0 amide bonds. The lowest BCUT2D eigenvalue weighted by molar-refractivity contribution is 0.566. The van der Waals surface area contributed by atoms with Gasteiger partial charge >= 0.3 is 0 Å². The molecule has 1 rings (SSSR count). The molecule has 0 spiro atoms. The SMILES string of the molecule is C/C=C\c1sncc1/C(=C\C)C(C)(C)C. The molecule has 0 saturated carbocycles. The third kappa shape index (κ3) is 2.78. The van der Waals surface area contributed by atoms with E-state index >= 15 is 0 Å². The molecule has 0 N–H and O–H groups in total. The molecule has 0 bridgehead atoms. The van der Waals surface area contributed by atoms with Crippen LogP contribution >= 0.6 is 11.5 Å². The Hall–Kier alpha value is -0.890. The molecule has 1 heterocycles. The van der Waals surface area contributed by atoms with Gasteiger partial charge in [0.2, 0.25) is 0 Å². The van der Waals surface area contributed by atoms with Crippen molar-refractivity contribution in [3.05, 3.63) is 28.8 Å². The Morgan fingerprint density at radius 3 is 2.47 bits per heavy atom. The van der Waals surface area contributed by atoms with Gasteiger partial charge in [0.1, 0.15) is 0 Å². The molecule has 0 radical (unpaired) electrons. The summed E-state index contributed by atoms with van der Waals surface area (Å²) in [6.07, 6.45) is 8.35. The molecule has 0 saturated heterocycles. The summed E-state index contributed by atoms with van der Waals surface area (Å²) in [6.45, 7) is 10.8. The van der Waals surface area contributed by atoms with E-state index < -0.39 is 0 Å². The highest BCUT2D eigenvalue weighted by atomic mass is 32.1. The normalized spacial score (nSPS) is 13.8. The van der Waals surface area contributed by atoms with Gasteiger partial charge in [-0.2, -0.15) is 4.37 Å². The van der Waals surface area contributed by atoms with E-state index in [0.717, 1.165) is 0 Å². The maximum atomic E-state index is 4.27. The number of hydrogen-bond donors (Lipinski definition) is 0. The van der Waals surface area contributed by atoms with Gasteiger partial charge in [-0.05, 0) is 42.4 Å². The largest absolute Gasteiger partial charge is 0.200 e. The van der Waals surface area contributed by atoms with Crippen molar-refractivity contribution in [1.82, 2.24) is 4.37 Å². The average Bonchev–Trinajstić information content (AvgIpc) is 2.53. The van der Waals surface area contributed by atoms with Crippen LogP contribution in [0.4, 0.5) is 0 Å². The first-order valence-electron chi connectivity index (χ1n) is 5.25. The third-order valence-corrected chi connectivity index (χ3v) is 3.07. The summed E-state index contributed by atoms with van der Waals surface area (Å²) in [5, 5.41) is 0. The first kappa shape index (κ1) is 12.2. The molecule has 1 aromatic rings. The lowest BCUT2D eigenvalue weighted by Gasteiger charge is -2.22. The van der Waals surface area contributed by atoms with E-state index in [1.807, 2.05) is 13.1 Å². The molecule has 0 aliphatic carbocycles. The van der Waals surface area contributed by atoms with E-state index in [2.05, 4.69) is 50.3 Å². The van der Waals surface area contributed by atoms with Crippen LogP contribution in [-0.4, -0.2) is 4.37 Å². The Morgan fingerprint density at radius 2 is 2.00 bits per heavy atom. The molecule has 82 valence electrons. The minimum atomic E-state index is 0.174. The lowest BCUT2D eigenvalue weighted by Crippen LogP contribution is -2.08. The fourth-order valence-electron chi connectivity index (χ4n) is 1.72. The van der Waals surface area contributed by atoms with Crippen LogP contribution in [0.15, 0.2) is 18.3 Å². The smallest absolute Gasteiger partial charge is 0.0549 e. The Balaban J connectivity index is 3.20. The second-order valence-corrected chi connectivity index (χ2v) is 5.39. The predicted molar refractivity (Wildman–Crippen MR) is 69.9 cm³/mol. The Morgan fingerprint density at radius 1 is 1.33 bits per heavy atom. The van der Waals surface area contributed by atoms with Crippen LogP contribution in [0.3, 0.4) is 0 Å². The number of nitrogens with zero attached hydrogens (tertiary/aromatic N) is 1. The highest BCUT2D eigenvalue weighted by Crippen LogP contribution is 2.36. The van der Waals surface area contributed by atoms with Gasteiger partial charge in [0.05, 0.1) is 4.88 Å². The molecular formula is C13H19NS. The molecule has 0 aromatic carbocycles. The molecule has 2 heteroatoms. The van der Waals surface area contributed by atoms with Gasteiger partial charge in [0.25, 0.3) is 0 Å². The standard InChI is InChI=1S/C13H19NS/c1-6-8-12-10(9-14-15-12)11(7-2)13(3,4)5/h6-9H,1-5H3/b8-6-,11-7+. The zero-order chi connectivity index (χ0) is 11.5. The van der Waals surface area contributed by atoms with E-state index in [4.69, 9.17) is 0 Å². The quantitative estimate of drug-likeness (QED) is 0.709. The molecule has 0 fully saturated rings. The summed E-state index contributed by atoms with van der Waals surface area (Å²) in [5.74, 6) is 0. The molecule has 15 heavy (non-hydrogen) atoms. The van der Waals surface area contributed by atoms with Crippen molar-refractivity contribution in [2.75, 3.05) is 0 Å². The van der Waals surface area contributed by atoms with Gasteiger partial charge < -0.3 is 0 Å². The van der Waals surface area contributed by atoms with Crippen LogP contribution in [0.2, 0.25) is 0 Å². The molecule has 0 atom stereocenters. The summed E-state index contributed by atoms with van der Waals surface area (Å²) >= 11 is 1.56. The molecule has 0 aliphatic rings. The van der Waals surface area contributed by atoms with Crippen LogP contribution in [0.5, 0.6) is 0 Å². The lowest BCUT2D eigenvalue weighted by atomic mass is 9.82. The summed E-state index contributed by atoms with van der Waals surface area (Å²) in [4.78, 5) is 1.25. The average molecular weight is 221 g/mol. The topological polar surface area (TPSA) is 12.9 Å². The zero-order valence-corrected chi connectivity index (χ0v) is 11.0. The van der Waals surface area contributed by atoms with Crippen LogP contribution in [0.25, 0.3) is 11.6 Å². The van der Waals surface area contributed by atoms with E-state index in [1.165, 1.54) is 16.0 Å². The van der Waals surface area contributed by atoms with Crippen LogP contribution in [0, 0.1) is 5.41 Å². The van der Waals surface area contributed by atoms with E-state index in [9.17, 15) is 0 Å². The van der Waals surface area contributed by atoms with Gasteiger partial charge in [-0.1, -0.05) is 32.9 Å². The third-order valence-electron chi connectivity index (χ3n) is 2.30. The summed E-state index contributed by atoms with van der Waals surface area (Å²) in [5.41, 5.74) is 2.81. The maximum absolute atomic E-state index is 4.27. The number of aromatic nitrogens is 1. The van der Waals surface area contributed by atoms with Crippen molar-refractivity contribution in [1.29, 1.82) is 0 Å². The van der Waals surface area contributed by atoms with Crippen molar-refractivity contribution in [2.24, 2.45) is 5.41 Å². The maximum Gasteiger partial charge on any atom is 0.0549 e. The van der Waals surface area contributed by atoms with Crippen LogP contribution < -0.4 is 0 Å². The van der Waals surface area contributed by atoms with E-state index in [-0.39, 0.29) is 5.41 Å². The van der Waals surface area contributed by atoms with Crippen molar-refractivity contribution >= 4 is 23.2 Å². The summed E-state index contributed by atoms with van der Waals surface area (Å²) < 4.78 is 4.27. The predicted octanol–water partition coefficient (Wildman–Crippen LogP) is 4.63. The second kappa shape index (κ2) is 4.75. The fraction of sp³-hybridized carbons (Fsp3) is 0.462. The monoisotopic (exact) mass is 221 g/mol. The fourth-order valence-corrected chi connectivity index (χ4v) is 2.44. The van der Waals surface area contributed by atoms with Gasteiger partial charge in [-0.15, -0.1) is 0 Å². The van der Waals surface area contributed by atoms with Crippen molar-refractivity contribution in [2.45, 2.75) is 34.6 Å². The van der Waals surface area contributed by atoms with E-state index in [0.29, 0.717) is 0 Å². The van der Waals surface area contributed by atoms with Crippen LogP contribution in [-0.2, 0) is 0 Å². The first-order valence-corrected chi connectivity index (χ1v) is 6.02. The van der Waals surface area contributed by atoms with Gasteiger partial charge in [0, 0.05) is 11.8 Å². The van der Waals surface area contributed by atoms with Crippen LogP contribution in [0.1, 0.15) is 45.1 Å².